The van der Waals surface area contributed by atoms with Crippen LogP contribution in [0.3, 0.4) is 0 Å². The SMILES string of the molecule is O=[N+]([O-])c1ccc(Br)cc1CNCc1ccc(O)cc1. The second kappa shape index (κ2) is 6.49. The van der Waals surface area contributed by atoms with E-state index < -0.39 is 0 Å². The van der Waals surface area contributed by atoms with Crippen molar-refractivity contribution in [1.82, 2.24) is 5.32 Å². The van der Waals surface area contributed by atoms with Gasteiger partial charge in [0.2, 0.25) is 0 Å². The molecule has 0 saturated heterocycles. The number of nitro benzene ring substituents is 1. The molecule has 2 rings (SSSR count). The van der Waals surface area contributed by atoms with Gasteiger partial charge >= 0.3 is 0 Å². The largest absolute Gasteiger partial charge is 0.508 e. The average Bonchev–Trinajstić information content (AvgIpc) is 2.41. The lowest BCUT2D eigenvalue weighted by Gasteiger charge is -2.06. The number of hydrogen-bond acceptors (Lipinski definition) is 4. The van der Waals surface area contributed by atoms with Gasteiger partial charge in [-0.15, -0.1) is 0 Å². The third-order valence-corrected chi connectivity index (χ3v) is 3.31. The van der Waals surface area contributed by atoms with Crippen LogP contribution >= 0.6 is 15.9 Å². The molecule has 0 bridgehead atoms. The summed E-state index contributed by atoms with van der Waals surface area (Å²) >= 11 is 3.31. The minimum Gasteiger partial charge on any atom is -0.508 e. The maximum Gasteiger partial charge on any atom is 0.273 e. The number of benzene rings is 2. The standard InChI is InChI=1S/C14H13BrN2O3/c15-12-3-6-14(17(19)20)11(7-12)9-16-8-10-1-4-13(18)5-2-10/h1-7,16,18H,8-9H2. The first kappa shape index (κ1) is 14.5. The fourth-order valence-electron chi connectivity index (χ4n) is 1.83. The van der Waals surface area contributed by atoms with E-state index in [9.17, 15) is 15.2 Å². The first-order chi connectivity index (χ1) is 9.56. The van der Waals surface area contributed by atoms with Gasteiger partial charge in [0.1, 0.15) is 5.75 Å². The number of aromatic hydroxyl groups is 1. The van der Waals surface area contributed by atoms with Crippen LogP contribution in [0.1, 0.15) is 11.1 Å². The Labute approximate surface area is 124 Å². The Morgan fingerprint density at radius 3 is 2.50 bits per heavy atom. The summed E-state index contributed by atoms with van der Waals surface area (Å²) in [6.45, 7) is 0.973. The predicted octanol–water partition coefficient (Wildman–Crippen LogP) is 3.35. The van der Waals surface area contributed by atoms with Gasteiger partial charge in [-0.3, -0.25) is 10.1 Å². The molecule has 0 atom stereocenters. The molecule has 2 aromatic carbocycles. The fraction of sp³-hybridized carbons (Fsp3) is 0.143. The highest BCUT2D eigenvalue weighted by Gasteiger charge is 2.13. The van der Waals surface area contributed by atoms with E-state index in [0.29, 0.717) is 18.7 Å². The van der Waals surface area contributed by atoms with Crippen molar-refractivity contribution < 1.29 is 10.0 Å². The van der Waals surface area contributed by atoms with Crippen LogP contribution in [-0.2, 0) is 13.1 Å². The zero-order chi connectivity index (χ0) is 14.5. The van der Waals surface area contributed by atoms with Crippen LogP contribution in [0.4, 0.5) is 5.69 Å². The minimum absolute atomic E-state index is 0.103. The van der Waals surface area contributed by atoms with E-state index in [-0.39, 0.29) is 16.4 Å². The molecule has 0 radical (unpaired) electrons. The number of rotatable bonds is 5. The molecule has 2 aromatic rings. The van der Waals surface area contributed by atoms with E-state index in [2.05, 4.69) is 21.2 Å². The summed E-state index contributed by atoms with van der Waals surface area (Å²) in [7, 11) is 0. The van der Waals surface area contributed by atoms with Gasteiger partial charge < -0.3 is 10.4 Å². The van der Waals surface area contributed by atoms with Crippen molar-refractivity contribution in [2.75, 3.05) is 0 Å². The summed E-state index contributed by atoms with van der Waals surface area (Å²) in [6, 6.07) is 11.7. The number of phenols is 1. The van der Waals surface area contributed by atoms with Gasteiger partial charge in [-0.05, 0) is 29.8 Å². The Balaban J connectivity index is 2.02. The van der Waals surface area contributed by atoms with Gasteiger partial charge in [0.25, 0.3) is 5.69 Å². The highest BCUT2D eigenvalue weighted by atomic mass is 79.9. The maximum absolute atomic E-state index is 10.9. The molecule has 6 heteroatoms. The number of halogens is 1. The van der Waals surface area contributed by atoms with E-state index in [1.807, 2.05) is 0 Å². The Bertz CT molecular complexity index is 614. The second-order valence-corrected chi connectivity index (χ2v) is 5.22. The lowest BCUT2D eigenvalue weighted by atomic mass is 10.1. The van der Waals surface area contributed by atoms with E-state index in [1.54, 1.807) is 36.4 Å². The lowest BCUT2D eigenvalue weighted by Crippen LogP contribution is -2.13. The molecule has 0 unspecified atom stereocenters. The Morgan fingerprint density at radius 1 is 1.15 bits per heavy atom. The van der Waals surface area contributed by atoms with Gasteiger partial charge in [0, 0.05) is 29.2 Å². The van der Waals surface area contributed by atoms with Crippen molar-refractivity contribution in [3.05, 3.63) is 68.2 Å². The number of nitrogens with one attached hydrogen (secondary N) is 1. The molecule has 5 nitrogen and oxygen atoms in total. The number of nitrogens with zero attached hydrogens (tertiary/aromatic N) is 1. The third-order valence-electron chi connectivity index (χ3n) is 2.82. The molecule has 0 aromatic heterocycles. The second-order valence-electron chi connectivity index (χ2n) is 4.30. The van der Waals surface area contributed by atoms with Crippen LogP contribution in [0.5, 0.6) is 5.75 Å². The zero-order valence-electron chi connectivity index (χ0n) is 10.5. The molecular formula is C14H13BrN2O3. The smallest absolute Gasteiger partial charge is 0.273 e. The Kier molecular flexibility index (Phi) is 4.70. The van der Waals surface area contributed by atoms with Crippen molar-refractivity contribution in [2.45, 2.75) is 13.1 Å². The van der Waals surface area contributed by atoms with Crippen molar-refractivity contribution in [3.8, 4) is 5.75 Å². The number of hydrogen-bond donors (Lipinski definition) is 2. The van der Waals surface area contributed by atoms with E-state index >= 15 is 0 Å². The topological polar surface area (TPSA) is 75.4 Å². The van der Waals surface area contributed by atoms with Gasteiger partial charge in [-0.25, -0.2) is 0 Å². The zero-order valence-corrected chi connectivity index (χ0v) is 12.1. The highest BCUT2D eigenvalue weighted by Crippen LogP contribution is 2.23. The minimum atomic E-state index is -0.385. The quantitative estimate of drug-likeness (QED) is 0.648. The molecule has 2 N–H and O–H groups in total. The highest BCUT2D eigenvalue weighted by molar-refractivity contribution is 9.10. The molecule has 0 heterocycles. The first-order valence-corrected chi connectivity index (χ1v) is 6.77. The summed E-state index contributed by atoms with van der Waals surface area (Å²) in [5.41, 5.74) is 1.73. The number of phenolic OH excluding ortho intramolecular Hbond substituents is 1. The van der Waals surface area contributed by atoms with Gasteiger partial charge in [-0.2, -0.15) is 0 Å². The molecule has 0 amide bonds. The van der Waals surface area contributed by atoms with Crippen LogP contribution in [0.25, 0.3) is 0 Å². The monoisotopic (exact) mass is 336 g/mol. The summed E-state index contributed by atoms with van der Waals surface area (Å²) in [5, 5.41) is 23.3. The summed E-state index contributed by atoms with van der Waals surface area (Å²) in [5.74, 6) is 0.219. The average molecular weight is 337 g/mol. The molecule has 0 fully saturated rings. The Hall–Kier alpha value is -1.92. The van der Waals surface area contributed by atoms with Crippen LogP contribution in [0.2, 0.25) is 0 Å². The van der Waals surface area contributed by atoms with Crippen LogP contribution in [0, 0.1) is 10.1 Å². The van der Waals surface area contributed by atoms with Gasteiger partial charge in [-0.1, -0.05) is 28.1 Å². The molecule has 0 spiro atoms. The summed E-state index contributed by atoms with van der Waals surface area (Å²) in [4.78, 5) is 10.6. The molecule has 0 aliphatic heterocycles. The van der Waals surface area contributed by atoms with Crippen molar-refractivity contribution in [3.63, 3.8) is 0 Å². The molecular weight excluding hydrogens is 324 g/mol. The van der Waals surface area contributed by atoms with Gasteiger partial charge in [0.15, 0.2) is 0 Å². The normalized spacial score (nSPS) is 10.4. The fourth-order valence-corrected chi connectivity index (χ4v) is 2.24. The molecule has 0 aliphatic carbocycles. The third kappa shape index (κ3) is 3.79. The van der Waals surface area contributed by atoms with Crippen LogP contribution in [-0.4, -0.2) is 10.0 Å². The summed E-state index contributed by atoms with van der Waals surface area (Å²) < 4.78 is 0.810. The predicted molar refractivity (Wildman–Crippen MR) is 79.4 cm³/mol. The first-order valence-electron chi connectivity index (χ1n) is 5.97. The van der Waals surface area contributed by atoms with Crippen molar-refractivity contribution in [2.24, 2.45) is 0 Å². The summed E-state index contributed by atoms with van der Waals surface area (Å²) in [6.07, 6.45) is 0. The van der Waals surface area contributed by atoms with Crippen molar-refractivity contribution in [1.29, 1.82) is 0 Å². The van der Waals surface area contributed by atoms with Gasteiger partial charge in [0.05, 0.1) is 4.92 Å². The van der Waals surface area contributed by atoms with Crippen LogP contribution in [0.15, 0.2) is 46.9 Å². The molecule has 0 aliphatic rings. The lowest BCUT2D eigenvalue weighted by molar-refractivity contribution is -0.385. The number of nitro groups is 1. The maximum atomic E-state index is 10.9. The van der Waals surface area contributed by atoms with Crippen molar-refractivity contribution >= 4 is 21.6 Å². The van der Waals surface area contributed by atoms with E-state index in [0.717, 1.165) is 10.0 Å². The van der Waals surface area contributed by atoms with Crippen LogP contribution < -0.4 is 5.32 Å². The molecule has 20 heavy (non-hydrogen) atoms. The van der Waals surface area contributed by atoms with E-state index in [1.165, 1.54) is 6.07 Å². The molecule has 0 saturated carbocycles. The Morgan fingerprint density at radius 2 is 1.85 bits per heavy atom. The molecule has 104 valence electrons. The van der Waals surface area contributed by atoms with E-state index in [4.69, 9.17) is 0 Å².